The molecule has 68 valence electrons. The van der Waals surface area contributed by atoms with Crippen molar-refractivity contribution in [2.45, 2.75) is 6.42 Å². The molecule has 1 unspecified atom stereocenters. The van der Waals surface area contributed by atoms with Crippen molar-refractivity contribution in [1.29, 1.82) is 0 Å². The van der Waals surface area contributed by atoms with Crippen molar-refractivity contribution in [3.63, 3.8) is 0 Å². The Kier molecular flexibility index (Phi) is 2.02. The highest BCUT2D eigenvalue weighted by molar-refractivity contribution is 5.95. The first-order chi connectivity index (χ1) is 6.31. The van der Waals surface area contributed by atoms with E-state index in [0.29, 0.717) is 6.54 Å². The number of carbonyl (C=O) groups is 1. The molecule has 0 aliphatic carbocycles. The van der Waals surface area contributed by atoms with E-state index in [0.717, 1.165) is 12.1 Å². The summed E-state index contributed by atoms with van der Waals surface area (Å²) in [4.78, 5) is 11.4. The van der Waals surface area contributed by atoms with Gasteiger partial charge in [0.15, 0.2) is 0 Å². The molecule has 0 aromatic heterocycles. The van der Waals surface area contributed by atoms with Gasteiger partial charge in [0.1, 0.15) is 0 Å². The molecule has 1 aliphatic heterocycles. The summed E-state index contributed by atoms with van der Waals surface area (Å²) >= 11 is 0. The average molecular weight is 176 g/mol. The van der Waals surface area contributed by atoms with E-state index in [1.54, 1.807) is 0 Å². The molecule has 0 radical (unpaired) electrons. The number of anilines is 1. The number of para-hydroxylation sites is 1. The third-order valence-corrected chi connectivity index (χ3v) is 2.40. The predicted molar refractivity (Wildman–Crippen MR) is 51.3 cm³/mol. The van der Waals surface area contributed by atoms with Crippen LogP contribution >= 0.6 is 0 Å². The Morgan fingerprint density at radius 3 is 3.00 bits per heavy atom. The predicted octanol–water partition coefficient (Wildman–Crippen LogP) is 0.756. The van der Waals surface area contributed by atoms with Gasteiger partial charge in [-0.15, -0.1) is 0 Å². The molecule has 1 amide bonds. The molecule has 0 spiro atoms. The molecule has 1 aromatic rings. The van der Waals surface area contributed by atoms with Crippen molar-refractivity contribution in [1.82, 2.24) is 0 Å². The fourth-order valence-corrected chi connectivity index (χ4v) is 1.60. The van der Waals surface area contributed by atoms with Crippen LogP contribution in [0.5, 0.6) is 0 Å². The van der Waals surface area contributed by atoms with Crippen LogP contribution in [-0.4, -0.2) is 12.5 Å². The molecular formula is C10H12N2O. The van der Waals surface area contributed by atoms with Gasteiger partial charge in [0, 0.05) is 12.2 Å². The van der Waals surface area contributed by atoms with Crippen LogP contribution in [0, 0.1) is 5.92 Å². The molecule has 3 heteroatoms. The van der Waals surface area contributed by atoms with Crippen LogP contribution in [0.2, 0.25) is 0 Å². The topological polar surface area (TPSA) is 55.1 Å². The number of nitrogens with one attached hydrogen (secondary N) is 1. The van der Waals surface area contributed by atoms with E-state index < -0.39 is 0 Å². The fraction of sp³-hybridized carbons (Fsp3) is 0.300. The number of hydrogen-bond acceptors (Lipinski definition) is 2. The number of benzene rings is 1. The quantitative estimate of drug-likeness (QED) is 0.663. The number of amides is 1. The summed E-state index contributed by atoms with van der Waals surface area (Å²) in [5.74, 6) is -0.0175. The maximum Gasteiger partial charge on any atom is 0.229 e. The van der Waals surface area contributed by atoms with E-state index in [1.807, 2.05) is 24.3 Å². The van der Waals surface area contributed by atoms with Crippen molar-refractivity contribution >= 4 is 11.6 Å². The standard InChI is InChI=1S/C10H12N2O/c11-6-8-5-7-3-1-2-4-9(7)12-10(8)13/h1-4,8H,5-6,11H2,(H,12,13). The summed E-state index contributed by atoms with van der Waals surface area (Å²) in [5, 5.41) is 2.84. The van der Waals surface area contributed by atoms with E-state index >= 15 is 0 Å². The molecule has 3 nitrogen and oxygen atoms in total. The minimum absolute atomic E-state index is 0.0428. The summed E-state index contributed by atoms with van der Waals surface area (Å²) in [5.41, 5.74) is 7.60. The van der Waals surface area contributed by atoms with E-state index in [2.05, 4.69) is 5.32 Å². The lowest BCUT2D eigenvalue weighted by Crippen LogP contribution is -2.34. The normalized spacial score (nSPS) is 20.7. The van der Waals surface area contributed by atoms with Crippen molar-refractivity contribution in [3.8, 4) is 0 Å². The van der Waals surface area contributed by atoms with Crippen molar-refractivity contribution in [2.75, 3.05) is 11.9 Å². The Bertz CT molecular complexity index is 335. The smallest absolute Gasteiger partial charge is 0.229 e. The molecular weight excluding hydrogens is 164 g/mol. The summed E-state index contributed by atoms with van der Waals surface area (Å²) in [7, 11) is 0. The number of nitrogens with two attached hydrogens (primary N) is 1. The lowest BCUT2D eigenvalue weighted by Gasteiger charge is -2.23. The second-order valence-electron chi connectivity index (χ2n) is 3.28. The number of hydrogen-bond donors (Lipinski definition) is 2. The van der Waals surface area contributed by atoms with Gasteiger partial charge in [-0.1, -0.05) is 18.2 Å². The highest BCUT2D eigenvalue weighted by atomic mass is 16.1. The van der Waals surface area contributed by atoms with Crippen LogP contribution in [0.15, 0.2) is 24.3 Å². The van der Waals surface area contributed by atoms with Crippen molar-refractivity contribution in [3.05, 3.63) is 29.8 Å². The monoisotopic (exact) mass is 176 g/mol. The first-order valence-electron chi connectivity index (χ1n) is 4.40. The zero-order chi connectivity index (χ0) is 9.26. The summed E-state index contributed by atoms with van der Waals surface area (Å²) in [6, 6.07) is 7.84. The van der Waals surface area contributed by atoms with E-state index in [9.17, 15) is 4.79 Å². The lowest BCUT2D eigenvalue weighted by molar-refractivity contribution is -0.119. The SMILES string of the molecule is NCC1Cc2ccccc2NC1=O. The molecule has 1 aliphatic rings. The second-order valence-corrected chi connectivity index (χ2v) is 3.28. The van der Waals surface area contributed by atoms with Crippen LogP contribution < -0.4 is 11.1 Å². The van der Waals surface area contributed by atoms with Gasteiger partial charge < -0.3 is 11.1 Å². The largest absolute Gasteiger partial charge is 0.330 e. The van der Waals surface area contributed by atoms with Crippen LogP contribution in [0.3, 0.4) is 0 Å². The van der Waals surface area contributed by atoms with Gasteiger partial charge in [0.25, 0.3) is 0 Å². The highest BCUT2D eigenvalue weighted by Gasteiger charge is 2.23. The number of carbonyl (C=O) groups excluding carboxylic acids is 1. The van der Waals surface area contributed by atoms with Gasteiger partial charge in [-0.05, 0) is 18.1 Å². The molecule has 1 heterocycles. The van der Waals surface area contributed by atoms with Gasteiger partial charge in [-0.25, -0.2) is 0 Å². The van der Waals surface area contributed by atoms with Crippen LogP contribution in [-0.2, 0) is 11.2 Å². The van der Waals surface area contributed by atoms with E-state index in [1.165, 1.54) is 5.56 Å². The molecule has 2 rings (SSSR count). The molecule has 0 saturated heterocycles. The molecule has 0 saturated carbocycles. The van der Waals surface area contributed by atoms with Gasteiger partial charge in [-0.2, -0.15) is 0 Å². The third kappa shape index (κ3) is 1.42. The van der Waals surface area contributed by atoms with Gasteiger partial charge in [0.2, 0.25) is 5.91 Å². The van der Waals surface area contributed by atoms with E-state index in [-0.39, 0.29) is 11.8 Å². The Balaban J connectivity index is 2.33. The molecule has 3 N–H and O–H groups in total. The molecule has 0 bridgehead atoms. The Morgan fingerprint density at radius 1 is 1.46 bits per heavy atom. The molecule has 0 fully saturated rings. The summed E-state index contributed by atoms with van der Waals surface area (Å²) in [6.45, 7) is 0.417. The third-order valence-electron chi connectivity index (χ3n) is 2.40. The minimum Gasteiger partial charge on any atom is -0.330 e. The average Bonchev–Trinajstić information content (AvgIpc) is 2.17. The maximum atomic E-state index is 11.4. The summed E-state index contributed by atoms with van der Waals surface area (Å²) in [6.07, 6.45) is 0.762. The highest BCUT2D eigenvalue weighted by Crippen LogP contribution is 2.24. The van der Waals surface area contributed by atoms with Gasteiger partial charge in [-0.3, -0.25) is 4.79 Å². The maximum absolute atomic E-state index is 11.4. The first-order valence-corrected chi connectivity index (χ1v) is 4.40. The lowest BCUT2D eigenvalue weighted by atomic mass is 9.93. The van der Waals surface area contributed by atoms with E-state index in [4.69, 9.17) is 5.73 Å². The molecule has 13 heavy (non-hydrogen) atoms. The number of fused-ring (bicyclic) bond motifs is 1. The Morgan fingerprint density at radius 2 is 2.23 bits per heavy atom. The zero-order valence-corrected chi connectivity index (χ0v) is 7.29. The van der Waals surface area contributed by atoms with Crippen molar-refractivity contribution in [2.24, 2.45) is 11.7 Å². The summed E-state index contributed by atoms with van der Waals surface area (Å²) < 4.78 is 0. The molecule has 1 aromatic carbocycles. The fourth-order valence-electron chi connectivity index (χ4n) is 1.60. The van der Waals surface area contributed by atoms with Crippen LogP contribution in [0.4, 0.5) is 5.69 Å². The number of rotatable bonds is 1. The first kappa shape index (κ1) is 8.26. The molecule has 1 atom stereocenters. The van der Waals surface area contributed by atoms with Gasteiger partial charge >= 0.3 is 0 Å². The Hall–Kier alpha value is -1.35. The van der Waals surface area contributed by atoms with Crippen LogP contribution in [0.1, 0.15) is 5.56 Å². The van der Waals surface area contributed by atoms with Crippen molar-refractivity contribution < 1.29 is 4.79 Å². The zero-order valence-electron chi connectivity index (χ0n) is 7.29. The van der Waals surface area contributed by atoms with Crippen LogP contribution in [0.25, 0.3) is 0 Å². The van der Waals surface area contributed by atoms with Gasteiger partial charge in [0.05, 0.1) is 5.92 Å². The second kappa shape index (κ2) is 3.18. The minimum atomic E-state index is -0.0603. The Labute approximate surface area is 76.9 Å².